The van der Waals surface area contributed by atoms with Crippen LogP contribution in [0.2, 0.25) is 0 Å². The first kappa shape index (κ1) is 10.3. The molecule has 0 spiro atoms. The van der Waals surface area contributed by atoms with E-state index < -0.39 is 0 Å². The summed E-state index contributed by atoms with van der Waals surface area (Å²) in [5, 5.41) is 0.682. The van der Waals surface area contributed by atoms with E-state index in [4.69, 9.17) is 4.74 Å². The molecule has 1 unspecified atom stereocenters. The number of carbonyl (C=O) groups is 1. The molecule has 1 aliphatic rings. The second-order valence-corrected chi connectivity index (χ2v) is 5.58. The third-order valence-corrected chi connectivity index (χ3v) is 4.39. The number of hydrogen-bond acceptors (Lipinski definition) is 7. The highest BCUT2D eigenvalue weighted by Gasteiger charge is 2.28. The first-order valence-corrected chi connectivity index (χ1v) is 6.88. The van der Waals surface area contributed by atoms with Gasteiger partial charge in [0.2, 0.25) is 5.16 Å². The second-order valence-electron chi connectivity index (χ2n) is 2.61. The standard InChI is InChI=1S/C7H8N2O2S3/c1-12-6-8-7(14-9-6)13-4-2-3-11-5(4)10/h4H,2-3H2,1H3. The fraction of sp³-hybridized carbons (Fsp3) is 0.571. The van der Waals surface area contributed by atoms with Crippen LogP contribution in [-0.4, -0.2) is 33.4 Å². The lowest BCUT2D eigenvalue weighted by Crippen LogP contribution is -2.08. The van der Waals surface area contributed by atoms with Crippen LogP contribution in [0, 0.1) is 0 Å². The van der Waals surface area contributed by atoms with E-state index >= 15 is 0 Å². The van der Waals surface area contributed by atoms with E-state index in [1.54, 1.807) is 0 Å². The molecule has 0 aliphatic carbocycles. The minimum atomic E-state index is -0.129. The molecule has 0 radical (unpaired) electrons. The van der Waals surface area contributed by atoms with Gasteiger partial charge < -0.3 is 4.74 Å². The van der Waals surface area contributed by atoms with E-state index in [1.165, 1.54) is 35.1 Å². The van der Waals surface area contributed by atoms with Crippen molar-refractivity contribution < 1.29 is 9.53 Å². The molecular formula is C7H8N2O2S3. The van der Waals surface area contributed by atoms with Crippen LogP contribution in [-0.2, 0) is 9.53 Å². The van der Waals surface area contributed by atoms with Crippen LogP contribution in [0.15, 0.2) is 9.50 Å². The third kappa shape index (κ3) is 2.21. The van der Waals surface area contributed by atoms with Gasteiger partial charge in [-0.3, -0.25) is 4.79 Å². The van der Waals surface area contributed by atoms with Gasteiger partial charge in [-0.15, -0.1) is 0 Å². The Morgan fingerprint density at radius 2 is 2.50 bits per heavy atom. The van der Waals surface area contributed by atoms with Crippen molar-refractivity contribution in [2.75, 3.05) is 12.9 Å². The van der Waals surface area contributed by atoms with Crippen LogP contribution < -0.4 is 0 Å². The summed E-state index contributed by atoms with van der Waals surface area (Å²) in [5.41, 5.74) is 0. The lowest BCUT2D eigenvalue weighted by Gasteiger charge is -1.99. The molecule has 14 heavy (non-hydrogen) atoms. The van der Waals surface area contributed by atoms with Gasteiger partial charge in [-0.1, -0.05) is 23.5 Å². The molecule has 0 aromatic carbocycles. The number of aromatic nitrogens is 2. The molecule has 1 aromatic heterocycles. The summed E-state index contributed by atoms with van der Waals surface area (Å²) in [6.45, 7) is 0.532. The first-order chi connectivity index (χ1) is 6.79. The molecule has 1 fully saturated rings. The molecule has 7 heteroatoms. The summed E-state index contributed by atoms with van der Waals surface area (Å²) in [6.07, 6.45) is 2.71. The number of cyclic esters (lactones) is 1. The van der Waals surface area contributed by atoms with E-state index in [1.807, 2.05) is 6.26 Å². The normalized spacial score (nSPS) is 21.2. The Balaban J connectivity index is 1.99. The molecule has 2 heterocycles. The van der Waals surface area contributed by atoms with Crippen molar-refractivity contribution in [3.05, 3.63) is 0 Å². The Kier molecular flexibility index (Phi) is 3.30. The molecule has 2 rings (SSSR count). The minimum absolute atomic E-state index is 0.0855. The molecule has 1 aliphatic heterocycles. The summed E-state index contributed by atoms with van der Waals surface area (Å²) < 4.78 is 9.83. The zero-order valence-corrected chi connectivity index (χ0v) is 9.88. The van der Waals surface area contributed by atoms with Gasteiger partial charge in [-0.2, -0.15) is 4.37 Å². The van der Waals surface area contributed by atoms with Crippen LogP contribution in [0.1, 0.15) is 6.42 Å². The number of carbonyl (C=O) groups excluding carboxylic acids is 1. The molecule has 0 N–H and O–H groups in total. The van der Waals surface area contributed by atoms with Gasteiger partial charge in [-0.05, 0) is 17.8 Å². The first-order valence-electron chi connectivity index (χ1n) is 4.00. The average molecular weight is 248 g/mol. The highest BCUT2D eigenvalue weighted by molar-refractivity contribution is 8.02. The maximum absolute atomic E-state index is 11.2. The molecule has 1 aromatic rings. The van der Waals surface area contributed by atoms with Gasteiger partial charge in [0.25, 0.3) is 0 Å². The Morgan fingerprint density at radius 3 is 3.07 bits per heavy atom. The summed E-state index contributed by atoms with van der Waals surface area (Å²) in [5.74, 6) is -0.129. The number of esters is 1. The van der Waals surface area contributed by atoms with Crippen molar-refractivity contribution >= 4 is 41.0 Å². The molecule has 0 bridgehead atoms. The maximum Gasteiger partial charge on any atom is 0.319 e. The SMILES string of the molecule is CSc1nsc(SC2CCOC2=O)n1. The summed E-state index contributed by atoms with van der Waals surface area (Å²) in [4.78, 5) is 15.4. The van der Waals surface area contributed by atoms with E-state index in [0.29, 0.717) is 6.61 Å². The van der Waals surface area contributed by atoms with E-state index in [2.05, 4.69) is 9.36 Å². The lowest BCUT2D eigenvalue weighted by atomic mass is 10.4. The summed E-state index contributed by atoms with van der Waals surface area (Å²) in [6, 6.07) is 0. The quantitative estimate of drug-likeness (QED) is 0.599. The van der Waals surface area contributed by atoms with E-state index in [0.717, 1.165) is 15.9 Å². The predicted octanol–water partition coefficient (Wildman–Crippen LogP) is 1.67. The molecule has 0 saturated carbocycles. The fourth-order valence-corrected chi connectivity index (χ4v) is 3.46. The van der Waals surface area contributed by atoms with Crippen LogP contribution in [0.25, 0.3) is 0 Å². The van der Waals surface area contributed by atoms with Crippen molar-refractivity contribution in [1.29, 1.82) is 0 Å². The molecule has 0 amide bonds. The minimum Gasteiger partial charge on any atom is -0.465 e. The van der Waals surface area contributed by atoms with Gasteiger partial charge in [0.05, 0.1) is 6.61 Å². The highest BCUT2D eigenvalue weighted by Crippen LogP contribution is 2.31. The van der Waals surface area contributed by atoms with Crippen molar-refractivity contribution in [2.45, 2.75) is 21.2 Å². The van der Waals surface area contributed by atoms with Crippen molar-refractivity contribution in [3.63, 3.8) is 0 Å². The molecular weight excluding hydrogens is 240 g/mol. The number of thioether (sulfide) groups is 2. The van der Waals surface area contributed by atoms with Gasteiger partial charge in [0, 0.05) is 6.42 Å². The van der Waals surface area contributed by atoms with Gasteiger partial charge in [0.1, 0.15) is 5.25 Å². The highest BCUT2D eigenvalue weighted by atomic mass is 32.2. The Labute approximate surface area is 94.0 Å². The topological polar surface area (TPSA) is 52.1 Å². The molecule has 76 valence electrons. The van der Waals surface area contributed by atoms with E-state index in [-0.39, 0.29) is 11.2 Å². The average Bonchev–Trinajstić information content (AvgIpc) is 2.77. The number of nitrogens with zero attached hydrogens (tertiary/aromatic N) is 2. The zero-order chi connectivity index (χ0) is 9.97. The second kappa shape index (κ2) is 4.50. The Bertz CT molecular complexity index is 341. The van der Waals surface area contributed by atoms with Gasteiger partial charge >= 0.3 is 5.97 Å². The Hall–Kier alpha value is -0.270. The number of ether oxygens (including phenoxy) is 1. The predicted molar refractivity (Wildman–Crippen MR) is 56.9 cm³/mol. The van der Waals surface area contributed by atoms with Crippen LogP contribution in [0.5, 0.6) is 0 Å². The van der Waals surface area contributed by atoms with Crippen molar-refractivity contribution in [1.82, 2.24) is 9.36 Å². The summed E-state index contributed by atoms with van der Waals surface area (Å²) in [7, 11) is 0. The third-order valence-electron chi connectivity index (χ3n) is 1.70. The van der Waals surface area contributed by atoms with Gasteiger partial charge in [0.15, 0.2) is 4.34 Å². The smallest absolute Gasteiger partial charge is 0.319 e. The van der Waals surface area contributed by atoms with Crippen LogP contribution in [0.3, 0.4) is 0 Å². The largest absolute Gasteiger partial charge is 0.465 e. The number of hydrogen-bond donors (Lipinski definition) is 0. The van der Waals surface area contributed by atoms with Crippen LogP contribution >= 0.6 is 35.1 Å². The van der Waals surface area contributed by atoms with Crippen molar-refractivity contribution in [2.24, 2.45) is 0 Å². The molecule has 1 saturated heterocycles. The maximum atomic E-state index is 11.2. The molecule has 1 atom stereocenters. The Morgan fingerprint density at radius 1 is 1.64 bits per heavy atom. The van der Waals surface area contributed by atoms with Crippen LogP contribution in [0.4, 0.5) is 0 Å². The monoisotopic (exact) mass is 248 g/mol. The fourth-order valence-electron chi connectivity index (χ4n) is 1.03. The van der Waals surface area contributed by atoms with Gasteiger partial charge in [-0.25, -0.2) is 4.98 Å². The van der Waals surface area contributed by atoms with E-state index in [9.17, 15) is 4.79 Å². The number of rotatable bonds is 3. The molecule has 4 nitrogen and oxygen atoms in total. The zero-order valence-electron chi connectivity index (χ0n) is 7.43. The van der Waals surface area contributed by atoms with Crippen molar-refractivity contribution in [3.8, 4) is 0 Å². The summed E-state index contributed by atoms with van der Waals surface area (Å²) >= 11 is 4.30. The lowest BCUT2D eigenvalue weighted by molar-refractivity contribution is -0.137.